The van der Waals surface area contributed by atoms with Gasteiger partial charge in [0.15, 0.2) is 64.6 Å². The molecular formula is C33H56N10O7S15Si2. The van der Waals surface area contributed by atoms with E-state index in [1.807, 2.05) is 11.5 Å². The molecule has 2 saturated heterocycles. The van der Waals surface area contributed by atoms with Crippen molar-refractivity contribution in [2.45, 2.75) is 129 Å². The second kappa shape index (κ2) is 28.6. The fourth-order valence-corrected chi connectivity index (χ4v) is 27.8. The van der Waals surface area contributed by atoms with Gasteiger partial charge in [0, 0.05) is 161 Å². The third-order valence-corrected chi connectivity index (χ3v) is 40.3. The van der Waals surface area contributed by atoms with Crippen molar-refractivity contribution in [2.24, 2.45) is 11.8 Å². The summed E-state index contributed by atoms with van der Waals surface area (Å²) in [5.41, 5.74) is 14.1. The molecule has 0 aromatic carbocycles. The van der Waals surface area contributed by atoms with Gasteiger partial charge in [0.2, 0.25) is 0 Å². The van der Waals surface area contributed by atoms with Gasteiger partial charge in [-0.25, -0.2) is 40.0 Å². The fraction of sp³-hybridized carbons (Fsp3) is 0.697. The number of aromatic nitrogens is 8. The molecule has 2 fully saturated rings. The van der Waals surface area contributed by atoms with Crippen molar-refractivity contribution in [2.75, 3.05) is 18.6 Å². The maximum absolute atomic E-state index is 9.25. The van der Waals surface area contributed by atoms with Crippen LogP contribution in [0.25, 0.3) is 22.3 Å². The first-order valence-corrected chi connectivity index (χ1v) is 42.8. The molecule has 0 amide bonds. The second-order valence-corrected chi connectivity index (χ2v) is 46.4. The number of anilines is 2. The zero-order valence-electron chi connectivity index (χ0n) is 38.7. The largest absolute Gasteiger partial charge is 0.409 e. The monoisotopic (exact) mass is 1240 g/mol. The molecule has 4 aromatic rings. The molecule has 34 heteroatoms. The van der Waals surface area contributed by atoms with E-state index in [4.69, 9.17) is 34.5 Å². The normalized spacial score (nSPS) is 22.7. The van der Waals surface area contributed by atoms with Crippen LogP contribution in [0.2, 0.25) is 36.3 Å². The molecule has 2 aliphatic heterocycles. The number of methoxy groups -OCH3 is 1. The molecule has 0 saturated carbocycles. The summed E-state index contributed by atoms with van der Waals surface area (Å²) in [5.74, 6) is 0.535. The topological polar surface area (TPSA) is 215 Å². The highest BCUT2D eigenvalue weighted by Crippen LogP contribution is 2.46. The molecule has 2 unspecified atom stereocenters. The van der Waals surface area contributed by atoms with Gasteiger partial charge in [-0.2, -0.15) is 0 Å². The van der Waals surface area contributed by atoms with Crippen molar-refractivity contribution in [3.8, 4) is 0 Å². The standard InChI is InChI=1S/C17H29N5O3Si.C16H27N5O4Si.S8.S7/c1-10-12(25-26(6,7)17(2,3)4)15(24-16(10)23-5)22-9-21-11-13(18)19-8-20-14(11)22;1-9-11(25-26(5,6)16(2,3)4)14(23-15(9)24-22)21-8-20-10-12(17)18-7-19-13(10)21;1-3-5-7-8-6-4-2;1-3-5-7-6-4-2/h8-10,12,15-16H,1-7H3,(H2,18,19,20);7-9,11,14-15,22H,1-6H3,(H2,17,18,19);;/t10?,12-,15-,16+;9?,11-,14-,15-;;/m11../s1. The quantitative estimate of drug-likeness (QED) is 0.110. The average Bonchev–Trinajstić information content (AvgIpc) is 4.04. The maximum atomic E-state index is 9.25. The minimum absolute atomic E-state index is 0.0268. The van der Waals surface area contributed by atoms with Gasteiger partial charge < -0.3 is 34.5 Å². The summed E-state index contributed by atoms with van der Waals surface area (Å²) in [4.78, 5) is 29.8. The summed E-state index contributed by atoms with van der Waals surface area (Å²) in [5, 5.41) is 9.36. The predicted octanol–water partition coefficient (Wildman–Crippen LogP) is 5.68. The smallest absolute Gasteiger partial charge is 0.198 e. The highest BCUT2D eigenvalue weighted by molar-refractivity contribution is 8.70. The molecule has 0 aliphatic carbocycles. The second-order valence-electron chi connectivity index (χ2n) is 17.4. The van der Waals surface area contributed by atoms with Crippen LogP contribution in [0.1, 0.15) is 67.8 Å². The first-order valence-electron chi connectivity index (χ1n) is 19.7. The lowest BCUT2D eigenvalue weighted by Crippen LogP contribution is -2.46. The van der Waals surface area contributed by atoms with Crippen LogP contribution in [-0.2, 0) is 170 Å². The first-order chi connectivity index (χ1) is 31.5. The molecule has 0 spiro atoms. The van der Waals surface area contributed by atoms with Crippen LogP contribution >= 0.6 is 0 Å². The third kappa shape index (κ3) is 16.8. The van der Waals surface area contributed by atoms with E-state index in [2.05, 4.69) is 154 Å². The van der Waals surface area contributed by atoms with Crippen LogP contribution in [0.4, 0.5) is 11.6 Å². The van der Waals surface area contributed by atoms with E-state index in [9.17, 15) is 5.26 Å². The van der Waals surface area contributed by atoms with Crippen LogP contribution < -0.4 is 11.5 Å². The third-order valence-electron chi connectivity index (χ3n) is 11.4. The molecule has 8 atom stereocenters. The summed E-state index contributed by atoms with van der Waals surface area (Å²) < 4.78 is 34.7. The van der Waals surface area contributed by atoms with Gasteiger partial charge in [-0.15, -0.1) is 0 Å². The molecule has 6 rings (SSSR count). The highest BCUT2D eigenvalue weighted by Gasteiger charge is 2.51. The minimum Gasteiger partial charge on any atom is -0.409 e. The van der Waals surface area contributed by atoms with E-state index in [-0.39, 0.29) is 46.6 Å². The van der Waals surface area contributed by atoms with Crippen molar-refractivity contribution < 1.29 is 33.2 Å². The molecule has 2 aliphatic rings. The van der Waals surface area contributed by atoms with Crippen molar-refractivity contribution in [3.05, 3.63) is 25.3 Å². The van der Waals surface area contributed by atoms with Gasteiger partial charge in [-0.3, -0.25) is 9.13 Å². The minimum atomic E-state index is -2.10. The molecule has 6 heterocycles. The molecule has 67 heavy (non-hydrogen) atoms. The first kappa shape index (κ1) is 61.5. The molecule has 0 radical (unpaired) electrons. The number of ether oxygens (including phenoxy) is 3. The van der Waals surface area contributed by atoms with Gasteiger partial charge in [-0.05, 0) is 36.3 Å². The van der Waals surface area contributed by atoms with E-state index in [0.29, 0.717) is 34.0 Å². The Morgan fingerprint density at radius 1 is 0.597 bits per heavy atom. The summed E-state index contributed by atoms with van der Waals surface area (Å²) in [6.07, 6.45) is 3.53. The van der Waals surface area contributed by atoms with E-state index in [1.54, 1.807) is 86.5 Å². The zero-order chi connectivity index (χ0) is 50.3. The Morgan fingerprint density at radius 3 is 1.27 bits per heavy atom. The van der Waals surface area contributed by atoms with Gasteiger partial charge in [0.05, 0.1) is 24.9 Å². The lowest BCUT2D eigenvalue weighted by atomic mass is 10.1. The summed E-state index contributed by atoms with van der Waals surface area (Å²) >= 11 is 18.3. The van der Waals surface area contributed by atoms with Crippen LogP contribution in [0, 0.1) is 11.8 Å². The lowest BCUT2D eigenvalue weighted by Gasteiger charge is -2.40. The number of imidazole rings is 2. The Kier molecular flexibility index (Phi) is 26.2. The number of nitrogens with zero attached hydrogens (tertiary/aromatic N) is 8. The molecule has 4 aromatic heterocycles. The van der Waals surface area contributed by atoms with Gasteiger partial charge in [0.25, 0.3) is 0 Å². The Balaban J connectivity index is 0.000000273. The Labute approximate surface area is 444 Å². The molecular weight excluding hydrogens is 1190 g/mol. The van der Waals surface area contributed by atoms with Crippen LogP contribution in [-0.4, -0.2) is 92.8 Å². The maximum Gasteiger partial charge on any atom is 0.198 e. The molecule has 17 nitrogen and oxygen atoms in total. The highest BCUT2D eigenvalue weighted by atomic mass is 33.4. The number of hydrogen-bond donors (Lipinski definition) is 3. The van der Waals surface area contributed by atoms with E-state index in [1.165, 1.54) is 48.2 Å². The summed E-state index contributed by atoms with van der Waals surface area (Å²) in [6, 6.07) is 0. The van der Waals surface area contributed by atoms with E-state index < -0.39 is 29.2 Å². The van der Waals surface area contributed by atoms with Gasteiger partial charge >= 0.3 is 0 Å². The van der Waals surface area contributed by atoms with Crippen LogP contribution in [0.5, 0.6) is 0 Å². The predicted molar refractivity (Wildman–Crippen MR) is 311 cm³/mol. The Hall–Kier alpha value is 0.154. The summed E-state index contributed by atoms with van der Waals surface area (Å²) in [7, 11) is 14.0. The zero-order valence-corrected chi connectivity index (χ0v) is 52.9. The van der Waals surface area contributed by atoms with Crippen molar-refractivity contribution in [1.29, 1.82) is 0 Å². The number of fused-ring (bicyclic) bond motifs is 2. The van der Waals surface area contributed by atoms with Crippen LogP contribution in [0.15, 0.2) is 25.3 Å². The number of rotatable bonds is 8. The Bertz CT molecular complexity index is 2620. The number of hydrogen-bond acceptors (Lipinski definition) is 19. The lowest BCUT2D eigenvalue weighted by molar-refractivity contribution is -0.351. The average molecular weight is 1240 g/mol. The van der Waals surface area contributed by atoms with E-state index in [0.717, 1.165) is 0 Å². The summed E-state index contributed by atoms with van der Waals surface area (Å²) in [6.45, 7) is 26.1. The number of nitrogens with two attached hydrogens (primary N) is 2. The fourth-order valence-electron chi connectivity index (χ4n) is 5.90. The van der Waals surface area contributed by atoms with Crippen molar-refractivity contribution in [3.63, 3.8) is 0 Å². The number of nitrogen functional groups attached to an aromatic ring is 2. The van der Waals surface area contributed by atoms with Crippen molar-refractivity contribution >= 4 is 193 Å². The molecule has 0 bridgehead atoms. The SMILES string of the molecule is CC1[C@@H](OO)O[C@@H](n2cnc3c(N)ncnc32)[C@@H]1O[Si](C)(C)C(C)(C)C.CO[C@H]1O[C@@H](n2cnc3c(N)ncnc32)[C@H](O[Si](C)(C)C(C)(C)C)C1C.S=S=S=S=S=S=S.S=S=S=S=S=S=S=S. The molecule has 5 N–H and O–H groups in total. The van der Waals surface area contributed by atoms with Crippen molar-refractivity contribution in [1.82, 2.24) is 39.0 Å². The van der Waals surface area contributed by atoms with E-state index >= 15 is 0 Å². The van der Waals surface area contributed by atoms with Crippen LogP contribution in [0.3, 0.4) is 0 Å². The van der Waals surface area contributed by atoms with Gasteiger partial charge in [-0.1, -0.05) is 55.4 Å². The van der Waals surface area contributed by atoms with Gasteiger partial charge in [0.1, 0.15) is 23.7 Å². The Morgan fingerprint density at radius 2 is 0.940 bits per heavy atom. The molecule has 378 valence electrons.